The fourth-order valence-corrected chi connectivity index (χ4v) is 4.64. The smallest absolute Gasteiger partial charge is 0.409 e. The summed E-state index contributed by atoms with van der Waals surface area (Å²) < 4.78 is 7.06. The van der Waals surface area contributed by atoms with Crippen LogP contribution in [0.25, 0.3) is 0 Å². The van der Waals surface area contributed by atoms with Crippen LogP contribution in [0.15, 0.2) is 18.7 Å². The highest BCUT2D eigenvalue weighted by molar-refractivity contribution is 5.87. The van der Waals surface area contributed by atoms with E-state index >= 15 is 0 Å². The van der Waals surface area contributed by atoms with Crippen LogP contribution >= 0.6 is 0 Å². The first kappa shape index (κ1) is 22.6. The molecule has 1 aromatic rings. The van der Waals surface area contributed by atoms with Crippen molar-refractivity contribution in [2.45, 2.75) is 64.6 Å². The average Bonchev–Trinajstić information content (AvgIpc) is 3.22. The van der Waals surface area contributed by atoms with Gasteiger partial charge in [0, 0.05) is 25.5 Å². The molecule has 2 saturated heterocycles. The molecule has 2 amide bonds. The molecule has 3 heterocycles. The fraction of sp³-hybridized carbons (Fsp3) is 0.773. The number of nitrogens with one attached hydrogen (secondary N) is 1. The Morgan fingerprint density at radius 3 is 2.07 bits per heavy atom. The first-order valence-corrected chi connectivity index (χ1v) is 11.1. The number of hydrogen-bond acceptors (Lipinski definition) is 5. The Bertz CT molecular complexity index is 714. The van der Waals surface area contributed by atoms with Crippen LogP contribution < -0.4 is 5.32 Å². The lowest BCUT2D eigenvalue weighted by Crippen LogP contribution is -2.60. The van der Waals surface area contributed by atoms with Crippen LogP contribution in [0.5, 0.6) is 0 Å². The lowest BCUT2D eigenvalue weighted by Gasteiger charge is -2.42. The number of imidazole rings is 1. The zero-order valence-corrected chi connectivity index (χ0v) is 19.1. The molecule has 2 aliphatic rings. The molecule has 0 radical (unpaired) electrons. The van der Waals surface area contributed by atoms with Crippen molar-refractivity contribution in [3.8, 4) is 0 Å². The normalized spacial score (nSPS) is 21.8. The van der Waals surface area contributed by atoms with Gasteiger partial charge < -0.3 is 19.1 Å². The van der Waals surface area contributed by atoms with Gasteiger partial charge in [0.05, 0.1) is 6.33 Å². The molecular formula is C22H37N5O3. The SMILES string of the molecule is CN1CCC(C2CCN(C(=O)[C@@](C)(NC(=O)OC(C)(C)C)n3ccnc3)CC2)CC1. The summed E-state index contributed by atoms with van der Waals surface area (Å²) in [4.78, 5) is 34.4. The number of ether oxygens (including phenoxy) is 1. The first-order valence-electron chi connectivity index (χ1n) is 11.1. The van der Waals surface area contributed by atoms with E-state index in [9.17, 15) is 9.59 Å². The van der Waals surface area contributed by atoms with E-state index in [4.69, 9.17) is 4.74 Å². The van der Waals surface area contributed by atoms with Crippen molar-refractivity contribution in [3.63, 3.8) is 0 Å². The average molecular weight is 420 g/mol. The first-order chi connectivity index (χ1) is 14.1. The largest absolute Gasteiger partial charge is 0.444 e. The molecule has 168 valence electrons. The van der Waals surface area contributed by atoms with E-state index in [2.05, 4.69) is 22.2 Å². The molecule has 1 atom stereocenters. The van der Waals surface area contributed by atoms with Crippen LogP contribution in [0.4, 0.5) is 4.79 Å². The summed E-state index contributed by atoms with van der Waals surface area (Å²) in [6.45, 7) is 10.9. The Hall–Kier alpha value is -2.09. The molecule has 8 heteroatoms. The molecule has 1 aromatic heterocycles. The van der Waals surface area contributed by atoms with Crippen molar-refractivity contribution in [2.24, 2.45) is 11.8 Å². The number of amides is 2. The van der Waals surface area contributed by atoms with Crippen LogP contribution in [0.2, 0.25) is 0 Å². The maximum Gasteiger partial charge on any atom is 0.409 e. The Labute approximate surface area is 179 Å². The third-order valence-electron chi connectivity index (χ3n) is 6.44. The van der Waals surface area contributed by atoms with Crippen molar-refractivity contribution in [3.05, 3.63) is 18.7 Å². The van der Waals surface area contributed by atoms with Gasteiger partial charge in [-0.3, -0.25) is 10.1 Å². The lowest BCUT2D eigenvalue weighted by atomic mass is 9.79. The topological polar surface area (TPSA) is 79.7 Å². The summed E-state index contributed by atoms with van der Waals surface area (Å²) in [6, 6.07) is 0. The van der Waals surface area contributed by atoms with Gasteiger partial charge in [-0.2, -0.15) is 0 Å². The number of nitrogens with zero attached hydrogens (tertiary/aromatic N) is 4. The molecule has 0 spiro atoms. The Morgan fingerprint density at radius 1 is 1.00 bits per heavy atom. The summed E-state index contributed by atoms with van der Waals surface area (Å²) in [5, 5.41) is 2.79. The number of aromatic nitrogens is 2. The molecule has 3 rings (SSSR count). The predicted molar refractivity (Wildman–Crippen MR) is 115 cm³/mol. The summed E-state index contributed by atoms with van der Waals surface area (Å²) in [6.07, 6.45) is 8.78. The van der Waals surface area contributed by atoms with E-state index in [-0.39, 0.29) is 5.91 Å². The van der Waals surface area contributed by atoms with Crippen molar-refractivity contribution >= 4 is 12.0 Å². The van der Waals surface area contributed by atoms with Gasteiger partial charge in [-0.25, -0.2) is 9.78 Å². The molecule has 0 saturated carbocycles. The summed E-state index contributed by atoms with van der Waals surface area (Å²) in [5.74, 6) is 1.31. The van der Waals surface area contributed by atoms with E-state index in [0.717, 1.165) is 31.8 Å². The quantitative estimate of drug-likeness (QED) is 0.812. The molecule has 30 heavy (non-hydrogen) atoms. The molecule has 8 nitrogen and oxygen atoms in total. The molecule has 0 aromatic carbocycles. The van der Waals surface area contributed by atoms with Gasteiger partial charge in [0.25, 0.3) is 5.91 Å². The predicted octanol–water partition coefficient (Wildman–Crippen LogP) is 2.66. The Kier molecular flexibility index (Phi) is 6.75. The molecule has 2 fully saturated rings. The summed E-state index contributed by atoms with van der Waals surface area (Å²) in [5.41, 5.74) is -1.92. The van der Waals surface area contributed by atoms with E-state index in [1.165, 1.54) is 25.9 Å². The van der Waals surface area contributed by atoms with Crippen molar-refractivity contribution in [1.29, 1.82) is 0 Å². The molecule has 2 aliphatic heterocycles. The van der Waals surface area contributed by atoms with Crippen LogP contribution in [-0.4, -0.2) is 70.2 Å². The van der Waals surface area contributed by atoms with E-state index in [1.807, 2.05) is 4.90 Å². The Balaban J connectivity index is 1.66. The van der Waals surface area contributed by atoms with Gasteiger partial charge in [-0.15, -0.1) is 0 Å². The molecule has 0 aliphatic carbocycles. The maximum absolute atomic E-state index is 13.5. The van der Waals surface area contributed by atoms with Gasteiger partial charge in [0.1, 0.15) is 5.60 Å². The van der Waals surface area contributed by atoms with E-state index in [0.29, 0.717) is 5.92 Å². The zero-order chi connectivity index (χ0) is 21.9. The number of carbonyl (C=O) groups is 2. The molecular weight excluding hydrogens is 382 g/mol. The fourth-order valence-electron chi connectivity index (χ4n) is 4.64. The van der Waals surface area contributed by atoms with Gasteiger partial charge in [0.15, 0.2) is 5.66 Å². The number of rotatable bonds is 4. The van der Waals surface area contributed by atoms with Crippen molar-refractivity contribution < 1.29 is 14.3 Å². The van der Waals surface area contributed by atoms with Gasteiger partial charge in [-0.1, -0.05) is 0 Å². The van der Waals surface area contributed by atoms with Crippen LogP contribution in [0.1, 0.15) is 53.4 Å². The summed E-state index contributed by atoms with van der Waals surface area (Å²) in [7, 11) is 2.19. The number of hydrogen-bond donors (Lipinski definition) is 1. The lowest BCUT2D eigenvalue weighted by molar-refractivity contribution is -0.143. The number of likely N-dealkylation sites (tertiary alicyclic amines) is 2. The van der Waals surface area contributed by atoms with Crippen LogP contribution in [-0.2, 0) is 15.2 Å². The van der Waals surface area contributed by atoms with Crippen LogP contribution in [0, 0.1) is 11.8 Å². The molecule has 0 unspecified atom stereocenters. The van der Waals surface area contributed by atoms with Crippen molar-refractivity contribution in [1.82, 2.24) is 24.7 Å². The monoisotopic (exact) mass is 419 g/mol. The Morgan fingerprint density at radius 2 is 1.57 bits per heavy atom. The summed E-state index contributed by atoms with van der Waals surface area (Å²) >= 11 is 0. The highest BCUT2D eigenvalue weighted by atomic mass is 16.6. The van der Waals surface area contributed by atoms with E-state index < -0.39 is 17.4 Å². The second-order valence-corrected chi connectivity index (χ2v) is 9.94. The highest BCUT2D eigenvalue weighted by Crippen LogP contribution is 2.33. The molecule has 1 N–H and O–H groups in total. The van der Waals surface area contributed by atoms with Crippen LogP contribution in [0.3, 0.4) is 0 Å². The van der Waals surface area contributed by atoms with Gasteiger partial charge >= 0.3 is 6.09 Å². The van der Waals surface area contributed by atoms with Gasteiger partial charge in [0.2, 0.25) is 0 Å². The minimum absolute atomic E-state index is 0.131. The highest BCUT2D eigenvalue weighted by Gasteiger charge is 2.42. The number of piperidine rings is 2. The number of alkyl carbamates (subject to hydrolysis) is 1. The third-order valence-corrected chi connectivity index (χ3v) is 6.44. The van der Waals surface area contributed by atoms with Crippen molar-refractivity contribution in [2.75, 3.05) is 33.2 Å². The molecule has 0 bridgehead atoms. The zero-order valence-electron chi connectivity index (χ0n) is 19.1. The second kappa shape index (κ2) is 8.96. The standard InChI is InChI=1S/C22H37N5O3/c1-21(2,3)30-20(29)24-22(4,27-15-10-23-16-27)19(28)26-13-8-18(9-14-26)17-6-11-25(5)12-7-17/h10,15-18H,6-9,11-14H2,1-5H3,(H,24,29)/t22-/m0/s1. The van der Waals surface area contributed by atoms with E-state index in [1.54, 1.807) is 51.0 Å². The number of carbonyl (C=O) groups excluding carboxylic acids is 2. The minimum atomic E-state index is -1.28. The maximum atomic E-state index is 13.5. The van der Waals surface area contributed by atoms with Gasteiger partial charge in [-0.05, 0) is 85.4 Å². The minimum Gasteiger partial charge on any atom is -0.444 e. The third kappa shape index (κ3) is 5.33. The second-order valence-electron chi connectivity index (χ2n) is 9.94.